The van der Waals surface area contributed by atoms with Gasteiger partial charge in [0.1, 0.15) is 11.5 Å². The van der Waals surface area contributed by atoms with E-state index < -0.39 is 0 Å². The van der Waals surface area contributed by atoms with Crippen molar-refractivity contribution in [2.24, 2.45) is 0 Å². The number of rotatable bonds is 3. The summed E-state index contributed by atoms with van der Waals surface area (Å²) in [5.41, 5.74) is 0.540. The van der Waals surface area contributed by atoms with Gasteiger partial charge in [-0.15, -0.1) is 0 Å². The standard InChI is InChI=1S/C17H23N7O/c25-17(15-3-7-24(21-15)14-2-1-4-18-12-14)23-10-8-22(9-11-23)16-13-19-5-6-20-16/h3,5-7,13-14,18H,1-2,4,8-12H2. The van der Waals surface area contributed by atoms with Gasteiger partial charge in [0.05, 0.1) is 12.2 Å². The first-order chi connectivity index (χ1) is 12.3. The molecule has 2 aromatic heterocycles. The summed E-state index contributed by atoms with van der Waals surface area (Å²) in [6.07, 6.45) is 9.32. The van der Waals surface area contributed by atoms with Crippen LogP contribution >= 0.6 is 0 Å². The van der Waals surface area contributed by atoms with Gasteiger partial charge in [-0.2, -0.15) is 5.10 Å². The van der Waals surface area contributed by atoms with E-state index in [1.54, 1.807) is 18.6 Å². The largest absolute Gasteiger partial charge is 0.352 e. The summed E-state index contributed by atoms with van der Waals surface area (Å²) in [6.45, 7) is 4.86. The molecule has 2 saturated heterocycles. The molecule has 2 aliphatic rings. The van der Waals surface area contributed by atoms with Crippen molar-refractivity contribution in [3.05, 3.63) is 36.5 Å². The first kappa shape index (κ1) is 16.0. The van der Waals surface area contributed by atoms with Crippen LogP contribution in [0.3, 0.4) is 0 Å². The number of anilines is 1. The lowest BCUT2D eigenvalue weighted by atomic mass is 10.1. The maximum Gasteiger partial charge on any atom is 0.274 e. The third kappa shape index (κ3) is 3.48. The van der Waals surface area contributed by atoms with E-state index in [4.69, 9.17) is 0 Å². The summed E-state index contributed by atoms with van der Waals surface area (Å²) in [5, 5.41) is 7.92. The fourth-order valence-corrected chi connectivity index (χ4v) is 3.47. The first-order valence-electron chi connectivity index (χ1n) is 8.87. The summed E-state index contributed by atoms with van der Waals surface area (Å²) in [5.74, 6) is 0.880. The number of hydrogen-bond acceptors (Lipinski definition) is 6. The highest BCUT2D eigenvalue weighted by Gasteiger charge is 2.25. The normalized spacial score (nSPS) is 21.4. The van der Waals surface area contributed by atoms with Crippen LogP contribution in [0, 0.1) is 0 Å². The molecule has 1 N–H and O–H groups in total. The van der Waals surface area contributed by atoms with Crippen LogP contribution in [0.5, 0.6) is 0 Å². The van der Waals surface area contributed by atoms with E-state index in [-0.39, 0.29) is 5.91 Å². The average Bonchev–Trinajstić information content (AvgIpc) is 3.19. The zero-order valence-corrected chi connectivity index (χ0v) is 14.2. The molecule has 2 aromatic rings. The molecule has 0 aliphatic carbocycles. The molecule has 25 heavy (non-hydrogen) atoms. The predicted molar refractivity (Wildman–Crippen MR) is 93.5 cm³/mol. The van der Waals surface area contributed by atoms with Crippen LogP contribution in [0.25, 0.3) is 0 Å². The van der Waals surface area contributed by atoms with E-state index in [1.165, 1.54) is 0 Å². The first-order valence-corrected chi connectivity index (χ1v) is 8.87. The van der Waals surface area contributed by atoms with Crippen LogP contribution in [0.1, 0.15) is 29.4 Å². The highest BCUT2D eigenvalue weighted by Crippen LogP contribution is 2.17. The van der Waals surface area contributed by atoms with E-state index >= 15 is 0 Å². The second-order valence-electron chi connectivity index (χ2n) is 6.52. The van der Waals surface area contributed by atoms with Crippen LogP contribution in [-0.4, -0.2) is 69.8 Å². The highest BCUT2D eigenvalue weighted by molar-refractivity contribution is 5.92. The molecule has 8 heteroatoms. The topological polar surface area (TPSA) is 79.2 Å². The summed E-state index contributed by atoms with van der Waals surface area (Å²) in [7, 11) is 0. The van der Waals surface area contributed by atoms with Crippen molar-refractivity contribution >= 4 is 11.7 Å². The number of carbonyl (C=O) groups is 1. The second kappa shape index (κ2) is 7.18. The summed E-state index contributed by atoms with van der Waals surface area (Å²) in [6, 6.07) is 2.19. The zero-order valence-electron chi connectivity index (χ0n) is 14.2. The number of piperazine rings is 1. The van der Waals surface area contributed by atoms with Gasteiger partial charge in [-0.1, -0.05) is 0 Å². The van der Waals surface area contributed by atoms with E-state index in [2.05, 4.69) is 25.3 Å². The maximum atomic E-state index is 12.7. The molecule has 0 aromatic carbocycles. The molecule has 4 heterocycles. The van der Waals surface area contributed by atoms with Crippen molar-refractivity contribution in [3.63, 3.8) is 0 Å². The fraction of sp³-hybridized carbons (Fsp3) is 0.529. The lowest BCUT2D eigenvalue weighted by molar-refractivity contribution is 0.0739. The van der Waals surface area contributed by atoms with Gasteiger partial charge in [0.2, 0.25) is 0 Å². The molecule has 0 spiro atoms. The number of piperidine rings is 1. The lowest BCUT2D eigenvalue weighted by Gasteiger charge is -2.34. The van der Waals surface area contributed by atoms with Crippen LogP contribution in [-0.2, 0) is 0 Å². The van der Waals surface area contributed by atoms with Crippen molar-refractivity contribution in [2.45, 2.75) is 18.9 Å². The third-order valence-corrected chi connectivity index (χ3v) is 4.91. The minimum Gasteiger partial charge on any atom is -0.352 e. The van der Waals surface area contributed by atoms with Gasteiger partial charge in [0.15, 0.2) is 0 Å². The monoisotopic (exact) mass is 341 g/mol. The Morgan fingerprint density at radius 1 is 1.20 bits per heavy atom. The van der Waals surface area contributed by atoms with Crippen molar-refractivity contribution < 1.29 is 4.79 Å². The van der Waals surface area contributed by atoms with Crippen molar-refractivity contribution in [2.75, 3.05) is 44.2 Å². The van der Waals surface area contributed by atoms with Gasteiger partial charge in [-0.05, 0) is 25.5 Å². The van der Waals surface area contributed by atoms with Gasteiger partial charge < -0.3 is 15.1 Å². The number of aromatic nitrogens is 4. The molecule has 0 radical (unpaired) electrons. The Morgan fingerprint density at radius 3 is 2.80 bits per heavy atom. The van der Waals surface area contributed by atoms with Crippen molar-refractivity contribution in [1.29, 1.82) is 0 Å². The summed E-state index contributed by atoms with van der Waals surface area (Å²) >= 11 is 0. The molecule has 8 nitrogen and oxygen atoms in total. The van der Waals surface area contributed by atoms with Crippen molar-refractivity contribution in [1.82, 2.24) is 30.0 Å². The van der Waals surface area contributed by atoms with Gasteiger partial charge in [0.25, 0.3) is 5.91 Å². The Kier molecular flexibility index (Phi) is 4.60. The van der Waals surface area contributed by atoms with Crippen LogP contribution in [0.4, 0.5) is 5.82 Å². The Morgan fingerprint density at radius 2 is 2.08 bits per heavy atom. The molecule has 4 rings (SSSR count). The summed E-state index contributed by atoms with van der Waals surface area (Å²) < 4.78 is 1.94. The molecular weight excluding hydrogens is 318 g/mol. The van der Waals surface area contributed by atoms with Gasteiger partial charge in [-0.25, -0.2) is 4.98 Å². The predicted octanol–water partition coefficient (Wildman–Crippen LogP) is 0.560. The van der Waals surface area contributed by atoms with E-state index in [0.717, 1.165) is 44.8 Å². The Labute approximate surface area is 146 Å². The molecule has 1 atom stereocenters. The van der Waals surface area contributed by atoms with Crippen LogP contribution < -0.4 is 10.2 Å². The third-order valence-electron chi connectivity index (χ3n) is 4.91. The Bertz CT molecular complexity index is 703. The highest BCUT2D eigenvalue weighted by atomic mass is 16.2. The number of carbonyl (C=O) groups excluding carboxylic acids is 1. The molecule has 0 bridgehead atoms. The Balaban J connectivity index is 1.37. The minimum atomic E-state index is 0.0151. The van der Waals surface area contributed by atoms with Gasteiger partial charge in [0, 0.05) is 51.3 Å². The van der Waals surface area contributed by atoms with E-state index in [1.807, 2.05) is 21.8 Å². The molecule has 2 fully saturated rings. The quantitative estimate of drug-likeness (QED) is 0.879. The van der Waals surface area contributed by atoms with E-state index in [9.17, 15) is 4.79 Å². The van der Waals surface area contributed by atoms with Crippen LogP contribution in [0.15, 0.2) is 30.9 Å². The van der Waals surface area contributed by atoms with E-state index in [0.29, 0.717) is 24.8 Å². The molecule has 2 aliphatic heterocycles. The average molecular weight is 341 g/mol. The maximum absolute atomic E-state index is 12.7. The fourth-order valence-electron chi connectivity index (χ4n) is 3.47. The molecule has 1 amide bonds. The number of amides is 1. The SMILES string of the molecule is O=C(c1ccn(C2CCCNC2)n1)N1CCN(c2cnccn2)CC1. The van der Waals surface area contributed by atoms with Gasteiger partial charge in [-0.3, -0.25) is 14.5 Å². The van der Waals surface area contributed by atoms with Crippen LogP contribution in [0.2, 0.25) is 0 Å². The number of hydrogen-bond donors (Lipinski definition) is 1. The molecule has 1 unspecified atom stereocenters. The second-order valence-corrected chi connectivity index (χ2v) is 6.52. The number of nitrogens with one attached hydrogen (secondary N) is 1. The lowest BCUT2D eigenvalue weighted by Crippen LogP contribution is -2.49. The Hall–Kier alpha value is -2.48. The smallest absolute Gasteiger partial charge is 0.274 e. The molecule has 0 saturated carbocycles. The number of nitrogens with zero attached hydrogens (tertiary/aromatic N) is 6. The summed E-state index contributed by atoms with van der Waals surface area (Å²) in [4.78, 5) is 25.2. The van der Waals surface area contributed by atoms with Gasteiger partial charge >= 0.3 is 0 Å². The molecule has 132 valence electrons. The molecular formula is C17H23N7O. The minimum absolute atomic E-state index is 0.0151. The van der Waals surface area contributed by atoms with Crippen molar-refractivity contribution in [3.8, 4) is 0 Å². The zero-order chi connectivity index (χ0) is 17.1.